The Balaban J connectivity index is 0.00000156. The van der Waals surface area contributed by atoms with Crippen LogP contribution in [0.4, 0.5) is 5.82 Å². The number of aromatic amines is 1. The molecule has 4 N–H and O–H groups in total. The minimum absolute atomic E-state index is 0. The summed E-state index contributed by atoms with van der Waals surface area (Å²) in [6.45, 7) is 4.97. The zero-order valence-electron chi connectivity index (χ0n) is 13.5. The number of rotatable bonds is 6. The lowest BCUT2D eigenvalue weighted by Crippen LogP contribution is -2.30. The average Bonchev–Trinajstić information content (AvgIpc) is 2.98. The molecule has 0 radical (unpaired) electrons. The highest BCUT2D eigenvalue weighted by Gasteiger charge is 2.12. The smallest absolute Gasteiger partial charge is 0.181 e. The van der Waals surface area contributed by atoms with E-state index in [4.69, 9.17) is 10.7 Å². The fraction of sp³-hybridized carbons (Fsp3) is 0.353. The monoisotopic (exact) mass is 314 g/mol. The molecule has 0 aliphatic rings. The van der Waals surface area contributed by atoms with Crippen LogP contribution in [0.3, 0.4) is 0 Å². The fourth-order valence-electron chi connectivity index (χ4n) is 2.69. The molecule has 0 aliphatic heterocycles. The van der Waals surface area contributed by atoms with Crippen LogP contribution < -0.4 is 11.1 Å². The lowest BCUT2D eigenvalue weighted by Gasteiger charge is -2.19. The summed E-state index contributed by atoms with van der Waals surface area (Å²) in [5.74, 6) is 1.41. The number of aromatic nitrogens is 4. The molecule has 0 aromatic carbocycles. The van der Waals surface area contributed by atoms with Crippen molar-refractivity contribution in [3.8, 4) is 11.4 Å². The summed E-state index contributed by atoms with van der Waals surface area (Å²) < 4.78 is 0. The molecule has 0 saturated carbocycles. The van der Waals surface area contributed by atoms with E-state index in [-0.39, 0.29) is 8.90 Å². The lowest BCUT2D eigenvalue weighted by molar-refractivity contribution is 0.521. The molecule has 3 rings (SSSR count). The quantitative estimate of drug-likeness (QED) is 0.649. The number of hydrogen-bond donors (Lipinski definition) is 3. The van der Waals surface area contributed by atoms with Crippen molar-refractivity contribution < 1.29 is 2.85 Å². The molecule has 1 atom stereocenters. The molecule has 0 unspecified atom stereocenters. The number of nitrogens with one attached hydrogen (secondary N) is 2. The van der Waals surface area contributed by atoms with Crippen molar-refractivity contribution in [1.82, 2.24) is 20.2 Å². The first-order chi connectivity index (χ1) is 11.2. The van der Waals surface area contributed by atoms with Gasteiger partial charge in [0.05, 0.1) is 11.4 Å². The molecule has 0 aliphatic carbocycles. The second-order valence-electron chi connectivity index (χ2n) is 6.09. The van der Waals surface area contributed by atoms with Gasteiger partial charge in [0.25, 0.3) is 0 Å². The molecule has 3 aromatic heterocycles. The third-order valence-electron chi connectivity index (χ3n) is 3.73. The minimum Gasteiger partial charge on any atom is -0.366 e. The van der Waals surface area contributed by atoms with Gasteiger partial charge in [-0.2, -0.15) is 5.10 Å². The molecule has 0 bridgehead atoms. The molecule has 3 heterocycles. The van der Waals surface area contributed by atoms with Gasteiger partial charge in [-0.3, -0.25) is 5.10 Å². The average molecular weight is 314 g/mol. The van der Waals surface area contributed by atoms with Gasteiger partial charge in [0.15, 0.2) is 5.65 Å². The van der Waals surface area contributed by atoms with Crippen LogP contribution >= 0.6 is 0 Å². The van der Waals surface area contributed by atoms with Crippen LogP contribution in [0.15, 0.2) is 36.5 Å². The minimum atomic E-state index is 0. The zero-order valence-corrected chi connectivity index (χ0v) is 13.5. The molecule has 0 saturated heterocycles. The van der Waals surface area contributed by atoms with E-state index in [1.807, 2.05) is 30.3 Å². The third kappa shape index (κ3) is 3.48. The first-order valence-electron chi connectivity index (χ1n) is 7.90. The molecule has 6 heteroatoms. The van der Waals surface area contributed by atoms with Crippen LogP contribution in [0.25, 0.3) is 22.4 Å². The number of hydrogen-bond acceptors (Lipinski definition) is 5. The van der Waals surface area contributed by atoms with Gasteiger partial charge in [0.1, 0.15) is 5.82 Å². The van der Waals surface area contributed by atoms with Gasteiger partial charge in [-0.05, 0) is 36.6 Å². The van der Waals surface area contributed by atoms with Crippen molar-refractivity contribution in [3.05, 3.63) is 36.5 Å². The van der Waals surface area contributed by atoms with Gasteiger partial charge in [0, 0.05) is 27.0 Å². The van der Waals surface area contributed by atoms with Crippen LogP contribution in [-0.2, 0) is 0 Å². The Morgan fingerprint density at radius 2 is 2.13 bits per heavy atom. The first-order valence-corrected chi connectivity index (χ1v) is 7.90. The number of pyridine rings is 2. The summed E-state index contributed by atoms with van der Waals surface area (Å²) in [6.07, 6.45) is 2.75. The van der Waals surface area contributed by atoms with Gasteiger partial charge in [0.2, 0.25) is 0 Å². The molecule has 23 heavy (non-hydrogen) atoms. The Morgan fingerprint density at radius 3 is 2.91 bits per heavy atom. The molecule has 0 spiro atoms. The van der Waals surface area contributed by atoms with E-state index in [1.54, 1.807) is 6.20 Å². The molecule has 3 aromatic rings. The maximum atomic E-state index is 5.86. The van der Waals surface area contributed by atoms with Crippen LogP contribution in [0.2, 0.25) is 0 Å². The summed E-state index contributed by atoms with van der Waals surface area (Å²) in [7, 11) is 0. The second-order valence-corrected chi connectivity index (χ2v) is 6.09. The topological polar surface area (TPSA) is 92.5 Å². The Morgan fingerprint density at radius 1 is 1.26 bits per heavy atom. The van der Waals surface area contributed by atoms with Gasteiger partial charge in [-0.1, -0.05) is 19.9 Å². The highest BCUT2D eigenvalue weighted by Crippen LogP contribution is 2.24. The summed E-state index contributed by atoms with van der Waals surface area (Å²) >= 11 is 0. The summed E-state index contributed by atoms with van der Waals surface area (Å²) in [5, 5.41) is 11.6. The van der Waals surface area contributed by atoms with Gasteiger partial charge >= 0.3 is 0 Å². The number of anilines is 1. The lowest BCUT2D eigenvalue weighted by atomic mass is 10.0. The van der Waals surface area contributed by atoms with E-state index >= 15 is 0 Å². The van der Waals surface area contributed by atoms with Crippen molar-refractivity contribution in [2.24, 2.45) is 11.7 Å². The maximum Gasteiger partial charge on any atom is 0.181 e. The normalized spacial score (nSPS) is 12.7. The van der Waals surface area contributed by atoms with Gasteiger partial charge < -0.3 is 11.1 Å². The summed E-state index contributed by atoms with van der Waals surface area (Å²) in [4.78, 5) is 8.94. The summed E-state index contributed by atoms with van der Waals surface area (Å²) in [5.41, 5.74) is 8.28. The molecular weight excluding hydrogens is 288 g/mol. The molecular formula is C17H26N6. The molecule has 124 valence electrons. The van der Waals surface area contributed by atoms with Crippen LogP contribution in [0, 0.1) is 5.92 Å². The Hall–Kier alpha value is -2.47. The predicted molar refractivity (Wildman–Crippen MR) is 97.3 cm³/mol. The number of fused-ring (bicyclic) bond motifs is 1. The largest absolute Gasteiger partial charge is 0.366 e. The highest BCUT2D eigenvalue weighted by molar-refractivity contribution is 5.89. The van der Waals surface area contributed by atoms with Crippen LogP contribution in [0.1, 0.15) is 23.1 Å². The van der Waals surface area contributed by atoms with Crippen molar-refractivity contribution in [2.75, 3.05) is 11.9 Å². The SMILES string of the molecule is CC(C)C[C@@H](CN)Nc1cccc(-c2[nH]nc3ncccc23)n1.[HH].[HH]. The second kappa shape index (κ2) is 6.75. The van der Waals surface area contributed by atoms with Crippen LogP contribution in [-0.4, -0.2) is 32.8 Å². The first kappa shape index (κ1) is 15.4. The van der Waals surface area contributed by atoms with E-state index in [9.17, 15) is 0 Å². The predicted octanol–water partition coefficient (Wildman–Crippen LogP) is 3.30. The van der Waals surface area contributed by atoms with Crippen molar-refractivity contribution in [1.29, 1.82) is 0 Å². The third-order valence-corrected chi connectivity index (χ3v) is 3.73. The van der Waals surface area contributed by atoms with E-state index in [0.717, 1.165) is 29.0 Å². The number of H-pyrrole nitrogens is 1. The van der Waals surface area contributed by atoms with Crippen molar-refractivity contribution in [3.63, 3.8) is 0 Å². The Kier molecular flexibility index (Phi) is 4.52. The summed E-state index contributed by atoms with van der Waals surface area (Å²) in [6, 6.07) is 10.0. The van der Waals surface area contributed by atoms with E-state index in [1.165, 1.54) is 0 Å². The van der Waals surface area contributed by atoms with Crippen LogP contribution in [0.5, 0.6) is 0 Å². The van der Waals surface area contributed by atoms with Gasteiger partial charge in [-0.25, -0.2) is 9.97 Å². The van der Waals surface area contributed by atoms with Gasteiger partial charge in [-0.15, -0.1) is 0 Å². The fourth-order valence-corrected chi connectivity index (χ4v) is 2.69. The van der Waals surface area contributed by atoms with Crippen molar-refractivity contribution >= 4 is 16.9 Å². The van der Waals surface area contributed by atoms with E-state index in [0.29, 0.717) is 18.1 Å². The van der Waals surface area contributed by atoms with E-state index in [2.05, 4.69) is 34.3 Å². The zero-order chi connectivity index (χ0) is 16.2. The number of nitrogens with two attached hydrogens (primary N) is 1. The molecule has 6 nitrogen and oxygen atoms in total. The highest BCUT2D eigenvalue weighted by atomic mass is 15.2. The number of nitrogens with zero attached hydrogens (tertiary/aromatic N) is 3. The Bertz CT molecular complexity index is 789. The standard InChI is InChI=1S/C17H22N6.2H2/c1-11(2)9-12(10-18)20-15-7-3-6-14(21-15)16-13-5-4-8-19-17(13)23-22-16;;/h3-8,11-12H,9-10,18H2,1-2H3,(H,20,21)(H,19,22,23);2*1H/t12-;;/m0../s1. The van der Waals surface area contributed by atoms with Crippen molar-refractivity contribution in [2.45, 2.75) is 26.3 Å². The maximum absolute atomic E-state index is 5.86. The van der Waals surface area contributed by atoms with E-state index < -0.39 is 0 Å². The Labute approximate surface area is 138 Å². The molecule has 0 fully saturated rings. The molecule has 0 amide bonds.